The molecule has 2 fully saturated rings. The maximum Gasteiger partial charge on any atom is 0.387 e. The average Bonchev–Trinajstić information content (AvgIpc) is 3.87. The molecule has 13 heteroatoms. The molecule has 2 saturated carbocycles. The Bertz CT molecular complexity index is 1450. The van der Waals surface area contributed by atoms with Gasteiger partial charge in [-0.25, -0.2) is 4.79 Å². The van der Waals surface area contributed by atoms with Crippen LogP contribution in [0.25, 0.3) is 0 Å². The number of nitrogens with zero attached hydrogens (tertiary/aromatic N) is 1. The molecule has 1 atom stereocenters. The molecule has 0 amide bonds. The third-order valence-electron chi connectivity index (χ3n) is 7.23. The Balaban J connectivity index is 1.70. The molecular formula is C30H27Cl2F4NO6. The van der Waals surface area contributed by atoms with Crippen LogP contribution in [0.5, 0.6) is 23.0 Å². The minimum atomic E-state index is -3.22. The highest BCUT2D eigenvalue weighted by molar-refractivity contribution is 6.35. The zero-order chi connectivity index (χ0) is 30.7. The summed E-state index contributed by atoms with van der Waals surface area (Å²) >= 11 is 12.9. The summed E-state index contributed by atoms with van der Waals surface area (Å²) in [7, 11) is 0. The van der Waals surface area contributed by atoms with Crippen LogP contribution >= 0.6 is 23.2 Å². The van der Waals surface area contributed by atoms with Gasteiger partial charge in [-0.1, -0.05) is 29.3 Å². The summed E-state index contributed by atoms with van der Waals surface area (Å²) in [5, 5.41) is 10.6. The van der Waals surface area contributed by atoms with Gasteiger partial charge in [0.25, 0.3) is 0 Å². The van der Waals surface area contributed by atoms with E-state index in [1.807, 2.05) is 0 Å². The second-order valence-corrected chi connectivity index (χ2v) is 11.3. The molecule has 0 radical (unpaired) electrons. The number of halogens is 6. The fraction of sp³-hybridized carbons (Fsp3) is 0.400. The Kier molecular flexibility index (Phi) is 9.71. The van der Waals surface area contributed by atoms with E-state index in [1.165, 1.54) is 30.6 Å². The SMILES string of the molecule is O=C(O)c1ccc(OC(F)F)c(OCC2CC2)c1C(Cc1c(Cl)cncc1Cl)c1ccc(OC(F)F)c(OCC2CC2)c1. The minimum Gasteiger partial charge on any atom is -0.489 e. The quantitative estimate of drug-likeness (QED) is 0.167. The Hall–Kier alpha value is -3.44. The van der Waals surface area contributed by atoms with Gasteiger partial charge in [-0.05, 0) is 79.3 Å². The number of hydrogen-bond donors (Lipinski definition) is 1. The van der Waals surface area contributed by atoms with Gasteiger partial charge < -0.3 is 24.1 Å². The maximum atomic E-state index is 13.5. The van der Waals surface area contributed by atoms with Crippen LogP contribution in [0.2, 0.25) is 10.0 Å². The molecule has 2 aliphatic rings. The van der Waals surface area contributed by atoms with Crippen LogP contribution in [-0.2, 0) is 6.42 Å². The van der Waals surface area contributed by atoms with Crippen LogP contribution in [0.15, 0.2) is 42.7 Å². The van der Waals surface area contributed by atoms with Gasteiger partial charge in [-0.3, -0.25) is 4.98 Å². The highest BCUT2D eigenvalue weighted by Gasteiger charge is 2.33. The minimum absolute atomic E-state index is 0.0129. The molecule has 5 rings (SSSR count). The van der Waals surface area contributed by atoms with Gasteiger partial charge in [0.05, 0.1) is 28.8 Å². The van der Waals surface area contributed by atoms with Gasteiger partial charge >= 0.3 is 19.2 Å². The number of carbonyl (C=O) groups is 1. The first-order valence-corrected chi connectivity index (χ1v) is 14.3. The molecule has 2 aromatic carbocycles. The largest absolute Gasteiger partial charge is 0.489 e. The summed E-state index contributed by atoms with van der Waals surface area (Å²) in [6.45, 7) is -5.93. The normalized spacial score (nSPS) is 15.4. The zero-order valence-corrected chi connectivity index (χ0v) is 24.1. The van der Waals surface area contributed by atoms with Crippen molar-refractivity contribution in [1.82, 2.24) is 4.98 Å². The van der Waals surface area contributed by atoms with Crippen molar-refractivity contribution < 1.29 is 46.4 Å². The first-order valence-electron chi connectivity index (χ1n) is 13.6. The molecule has 2 aliphatic carbocycles. The number of rotatable bonds is 15. The summed E-state index contributed by atoms with van der Waals surface area (Å²) in [5.74, 6) is -2.59. The second-order valence-electron chi connectivity index (χ2n) is 10.5. The van der Waals surface area contributed by atoms with Crippen LogP contribution in [0, 0.1) is 11.8 Å². The highest BCUT2D eigenvalue weighted by atomic mass is 35.5. The number of hydrogen-bond acceptors (Lipinski definition) is 6. The number of pyridine rings is 1. The van der Waals surface area contributed by atoms with Crippen molar-refractivity contribution >= 4 is 29.2 Å². The average molecular weight is 644 g/mol. The van der Waals surface area contributed by atoms with E-state index >= 15 is 0 Å². The van der Waals surface area contributed by atoms with E-state index in [2.05, 4.69) is 9.72 Å². The fourth-order valence-electron chi connectivity index (χ4n) is 4.70. The number of carboxylic acid groups (broad SMARTS) is 1. The van der Waals surface area contributed by atoms with E-state index in [0.29, 0.717) is 11.1 Å². The standard InChI is InChI=1S/C30H27Cl2F4NO6/c31-21-11-37-12-22(32)20(21)10-19(17-5-7-23(42-29(33)34)25(9-17)40-13-15-1-2-15)26-18(28(38)39)6-8-24(43-30(35)36)27(26)41-14-16-3-4-16/h5-9,11-12,15-16,19,29-30H,1-4,10,13-14H2,(H,38,39). The summed E-state index contributed by atoms with van der Waals surface area (Å²) in [6.07, 6.45) is 6.30. The van der Waals surface area contributed by atoms with E-state index in [1.54, 1.807) is 0 Å². The topological polar surface area (TPSA) is 87.1 Å². The number of ether oxygens (including phenoxy) is 4. The number of aromatic carboxylic acids is 1. The molecule has 0 aliphatic heterocycles. The van der Waals surface area contributed by atoms with Crippen molar-refractivity contribution in [2.24, 2.45) is 11.8 Å². The summed E-state index contributed by atoms with van der Waals surface area (Å²) in [5.41, 5.74) is 0.545. The predicted octanol–water partition coefficient (Wildman–Crippen LogP) is 8.24. The van der Waals surface area contributed by atoms with Crippen molar-refractivity contribution in [2.75, 3.05) is 13.2 Å². The van der Waals surface area contributed by atoms with E-state index in [0.717, 1.165) is 37.8 Å². The smallest absolute Gasteiger partial charge is 0.387 e. The van der Waals surface area contributed by atoms with Gasteiger partial charge in [-0.15, -0.1) is 0 Å². The molecule has 1 unspecified atom stereocenters. The molecule has 1 aromatic heterocycles. The van der Waals surface area contributed by atoms with Crippen LogP contribution in [0.1, 0.15) is 58.6 Å². The molecule has 43 heavy (non-hydrogen) atoms. The van der Waals surface area contributed by atoms with Gasteiger partial charge in [-0.2, -0.15) is 17.6 Å². The van der Waals surface area contributed by atoms with E-state index in [-0.39, 0.29) is 75.6 Å². The Morgan fingerprint density at radius 3 is 2.02 bits per heavy atom. The molecular weight excluding hydrogens is 617 g/mol. The number of carboxylic acids is 1. The van der Waals surface area contributed by atoms with Crippen LogP contribution < -0.4 is 18.9 Å². The first-order chi connectivity index (χ1) is 20.6. The fourth-order valence-corrected chi connectivity index (χ4v) is 5.22. The highest BCUT2D eigenvalue weighted by Crippen LogP contribution is 2.47. The number of benzene rings is 2. The van der Waals surface area contributed by atoms with E-state index in [9.17, 15) is 27.5 Å². The number of aromatic nitrogens is 1. The van der Waals surface area contributed by atoms with Crippen molar-refractivity contribution in [3.63, 3.8) is 0 Å². The molecule has 0 bridgehead atoms. The third kappa shape index (κ3) is 7.94. The van der Waals surface area contributed by atoms with Crippen molar-refractivity contribution in [1.29, 1.82) is 0 Å². The van der Waals surface area contributed by atoms with Gasteiger partial charge in [0.15, 0.2) is 23.0 Å². The lowest BCUT2D eigenvalue weighted by molar-refractivity contribution is -0.0522. The summed E-state index contributed by atoms with van der Waals surface area (Å²) in [4.78, 5) is 16.5. The van der Waals surface area contributed by atoms with E-state index < -0.39 is 25.1 Å². The summed E-state index contributed by atoms with van der Waals surface area (Å²) < 4.78 is 74.8. The first kappa shape index (κ1) is 31.0. The molecule has 230 valence electrons. The molecule has 1 heterocycles. The van der Waals surface area contributed by atoms with Crippen molar-refractivity contribution in [3.8, 4) is 23.0 Å². The summed E-state index contributed by atoms with van der Waals surface area (Å²) in [6, 6.07) is 6.49. The van der Waals surface area contributed by atoms with Crippen molar-refractivity contribution in [3.05, 3.63) is 75.0 Å². The molecule has 0 saturated heterocycles. The lowest BCUT2D eigenvalue weighted by Gasteiger charge is -2.26. The Morgan fingerprint density at radius 2 is 1.44 bits per heavy atom. The maximum absolute atomic E-state index is 13.5. The lowest BCUT2D eigenvalue weighted by Crippen LogP contribution is -2.17. The van der Waals surface area contributed by atoms with Gasteiger partial charge in [0.2, 0.25) is 0 Å². The van der Waals surface area contributed by atoms with Crippen molar-refractivity contribution in [2.45, 2.75) is 51.2 Å². The number of alkyl halides is 4. The lowest BCUT2D eigenvalue weighted by atomic mass is 9.82. The van der Waals surface area contributed by atoms with E-state index in [4.69, 9.17) is 37.4 Å². The van der Waals surface area contributed by atoms with Crippen LogP contribution in [-0.4, -0.2) is 42.5 Å². The molecule has 3 aromatic rings. The second kappa shape index (κ2) is 13.5. The predicted molar refractivity (Wildman–Crippen MR) is 149 cm³/mol. The molecule has 0 spiro atoms. The van der Waals surface area contributed by atoms with Gasteiger partial charge in [0.1, 0.15) is 0 Å². The Morgan fingerprint density at radius 1 is 0.860 bits per heavy atom. The molecule has 7 nitrogen and oxygen atoms in total. The van der Waals surface area contributed by atoms with Crippen LogP contribution in [0.3, 0.4) is 0 Å². The zero-order valence-electron chi connectivity index (χ0n) is 22.6. The third-order valence-corrected chi connectivity index (χ3v) is 7.88. The Labute approximate surface area is 254 Å². The van der Waals surface area contributed by atoms with Gasteiger partial charge in [0, 0.05) is 23.9 Å². The van der Waals surface area contributed by atoms with Crippen LogP contribution in [0.4, 0.5) is 17.6 Å². The molecule has 1 N–H and O–H groups in total. The monoisotopic (exact) mass is 643 g/mol.